The summed E-state index contributed by atoms with van der Waals surface area (Å²) in [6, 6.07) is 6.31. The molecule has 0 amide bonds. The van der Waals surface area contributed by atoms with Gasteiger partial charge in [0.05, 0.1) is 0 Å². The number of alkyl halides is 1. The molecular weight excluding hydrogens is 233 g/mol. The Balaban J connectivity index is 1.94. The van der Waals surface area contributed by atoms with Gasteiger partial charge in [-0.05, 0) is 24.0 Å². The molecule has 1 heterocycles. The van der Waals surface area contributed by atoms with E-state index in [1.54, 1.807) is 0 Å². The number of hydrogen-bond donors (Lipinski definition) is 1. The van der Waals surface area contributed by atoms with Crippen LogP contribution in [0.4, 0.5) is 4.39 Å². The molecule has 0 saturated heterocycles. The summed E-state index contributed by atoms with van der Waals surface area (Å²) in [6.45, 7) is 0.0624. The van der Waals surface area contributed by atoms with Crippen LogP contribution in [0.3, 0.4) is 0 Å². The summed E-state index contributed by atoms with van der Waals surface area (Å²) in [5.41, 5.74) is 3.49. The quantitative estimate of drug-likeness (QED) is 0.900. The van der Waals surface area contributed by atoms with E-state index >= 15 is 0 Å². The molecule has 0 bridgehead atoms. The molecule has 0 saturated carbocycles. The van der Waals surface area contributed by atoms with Gasteiger partial charge in [-0.3, -0.25) is 0 Å². The molecular formula is C13H14FN3O. The van der Waals surface area contributed by atoms with Crippen LogP contribution in [0, 0.1) is 0 Å². The lowest BCUT2D eigenvalue weighted by atomic mass is 10.0. The van der Waals surface area contributed by atoms with Gasteiger partial charge in [0, 0.05) is 18.2 Å². The van der Waals surface area contributed by atoms with Gasteiger partial charge in [0.25, 0.3) is 0 Å². The first-order chi connectivity index (χ1) is 8.90. The van der Waals surface area contributed by atoms with Crippen molar-refractivity contribution in [2.75, 3.05) is 13.2 Å². The maximum absolute atomic E-state index is 12.2. The third-order valence-electron chi connectivity index (χ3n) is 3.36. The number of benzene rings is 1. The fourth-order valence-electron chi connectivity index (χ4n) is 2.59. The Morgan fingerprint density at radius 1 is 1.44 bits per heavy atom. The van der Waals surface area contributed by atoms with Gasteiger partial charge >= 0.3 is 0 Å². The summed E-state index contributed by atoms with van der Waals surface area (Å²) in [5.74, 6) is 0.623. The molecule has 18 heavy (non-hydrogen) atoms. The van der Waals surface area contributed by atoms with Crippen molar-refractivity contribution >= 4 is 0 Å². The minimum absolute atomic E-state index is 0.239. The van der Waals surface area contributed by atoms with E-state index in [9.17, 15) is 4.39 Å². The molecule has 0 fully saturated rings. The van der Waals surface area contributed by atoms with Crippen molar-refractivity contribution in [3.63, 3.8) is 0 Å². The second-order valence-corrected chi connectivity index (χ2v) is 4.36. The highest BCUT2D eigenvalue weighted by Gasteiger charge is 2.25. The number of nitrogens with one attached hydrogen (secondary N) is 1. The molecule has 1 aliphatic carbocycles. The van der Waals surface area contributed by atoms with Gasteiger partial charge in [0.15, 0.2) is 0 Å². The first-order valence-electron chi connectivity index (χ1n) is 6.08. The molecule has 5 heteroatoms. The van der Waals surface area contributed by atoms with Crippen LogP contribution >= 0.6 is 0 Å². The Bertz CT molecular complexity index is 527. The topological polar surface area (TPSA) is 51.0 Å². The zero-order chi connectivity index (χ0) is 12.4. The summed E-state index contributed by atoms with van der Waals surface area (Å²) in [6.07, 6.45) is 3.29. The largest absolute Gasteiger partial charge is 0.342 e. The highest BCUT2D eigenvalue weighted by atomic mass is 19.1. The van der Waals surface area contributed by atoms with Crippen LogP contribution in [0.25, 0.3) is 11.4 Å². The molecule has 1 aliphatic rings. The van der Waals surface area contributed by atoms with Crippen molar-refractivity contribution in [1.82, 2.24) is 15.5 Å². The Labute approximate surface area is 104 Å². The van der Waals surface area contributed by atoms with Crippen LogP contribution < -0.4 is 5.32 Å². The summed E-state index contributed by atoms with van der Waals surface area (Å²) in [4.78, 5) is 4.09. The molecule has 1 unspecified atom stereocenters. The smallest absolute Gasteiger partial charge is 0.214 e. The fraction of sp³-hybridized carbons (Fsp3) is 0.385. The Morgan fingerprint density at radius 2 is 2.39 bits per heavy atom. The van der Waals surface area contributed by atoms with E-state index in [1.807, 2.05) is 12.1 Å². The van der Waals surface area contributed by atoms with Crippen LogP contribution in [0.2, 0.25) is 0 Å². The van der Waals surface area contributed by atoms with Gasteiger partial charge in [0.2, 0.25) is 12.2 Å². The van der Waals surface area contributed by atoms with E-state index in [1.165, 1.54) is 17.5 Å². The standard InChI is InChI=1S/C13H14FN3O/c14-6-7-15-12-5-4-9-10(12)2-1-3-11(9)13-16-8-18-17-13/h1-3,8,12,15H,4-7H2. The lowest BCUT2D eigenvalue weighted by Crippen LogP contribution is -2.21. The van der Waals surface area contributed by atoms with E-state index in [0.29, 0.717) is 12.4 Å². The average molecular weight is 247 g/mol. The minimum atomic E-state index is -0.337. The number of halogens is 1. The second-order valence-electron chi connectivity index (χ2n) is 4.36. The molecule has 1 aromatic heterocycles. The molecule has 2 aromatic rings. The number of hydrogen-bond acceptors (Lipinski definition) is 4. The van der Waals surface area contributed by atoms with Crippen molar-refractivity contribution in [1.29, 1.82) is 0 Å². The highest BCUT2D eigenvalue weighted by Crippen LogP contribution is 2.36. The molecule has 4 nitrogen and oxygen atoms in total. The zero-order valence-corrected chi connectivity index (χ0v) is 9.90. The van der Waals surface area contributed by atoms with Crippen molar-refractivity contribution in [2.45, 2.75) is 18.9 Å². The summed E-state index contributed by atoms with van der Waals surface area (Å²) < 4.78 is 17.0. The van der Waals surface area contributed by atoms with Gasteiger partial charge in [-0.2, -0.15) is 4.98 Å². The number of nitrogens with zero attached hydrogens (tertiary/aromatic N) is 2. The van der Waals surface area contributed by atoms with Crippen LogP contribution in [0.15, 0.2) is 29.1 Å². The van der Waals surface area contributed by atoms with Crippen LogP contribution in [0.1, 0.15) is 23.6 Å². The van der Waals surface area contributed by atoms with E-state index in [2.05, 4.69) is 21.5 Å². The fourth-order valence-corrected chi connectivity index (χ4v) is 2.59. The van der Waals surface area contributed by atoms with Crippen LogP contribution in [-0.4, -0.2) is 23.4 Å². The van der Waals surface area contributed by atoms with E-state index in [4.69, 9.17) is 4.52 Å². The second kappa shape index (κ2) is 4.86. The van der Waals surface area contributed by atoms with E-state index in [-0.39, 0.29) is 12.7 Å². The Hall–Kier alpha value is -1.75. The lowest BCUT2D eigenvalue weighted by Gasteiger charge is -2.13. The molecule has 0 spiro atoms. The van der Waals surface area contributed by atoms with Gasteiger partial charge < -0.3 is 9.84 Å². The van der Waals surface area contributed by atoms with Crippen molar-refractivity contribution < 1.29 is 8.91 Å². The molecule has 0 radical (unpaired) electrons. The Morgan fingerprint density at radius 3 is 3.17 bits per heavy atom. The summed E-state index contributed by atoms with van der Waals surface area (Å²) in [7, 11) is 0. The molecule has 1 N–H and O–H groups in total. The summed E-state index contributed by atoms with van der Waals surface area (Å²) >= 11 is 0. The molecule has 1 aromatic carbocycles. The highest BCUT2D eigenvalue weighted by molar-refractivity contribution is 5.63. The molecule has 0 aliphatic heterocycles. The monoisotopic (exact) mass is 247 g/mol. The van der Waals surface area contributed by atoms with E-state index < -0.39 is 0 Å². The maximum Gasteiger partial charge on any atom is 0.214 e. The van der Waals surface area contributed by atoms with Crippen LogP contribution in [-0.2, 0) is 6.42 Å². The predicted molar refractivity (Wildman–Crippen MR) is 64.8 cm³/mol. The number of fused-ring (bicyclic) bond motifs is 1. The van der Waals surface area contributed by atoms with Gasteiger partial charge in [-0.25, -0.2) is 4.39 Å². The SMILES string of the molecule is FCCNC1CCc2c(-c3ncon3)cccc21. The average Bonchev–Trinajstić information content (AvgIpc) is 3.05. The predicted octanol–water partition coefficient (Wildman–Crippen LogP) is 2.28. The van der Waals surface area contributed by atoms with Crippen molar-refractivity contribution in [3.8, 4) is 11.4 Å². The molecule has 94 valence electrons. The van der Waals surface area contributed by atoms with Crippen molar-refractivity contribution in [2.24, 2.45) is 0 Å². The van der Waals surface area contributed by atoms with Gasteiger partial charge in [-0.1, -0.05) is 23.4 Å². The van der Waals surface area contributed by atoms with E-state index in [0.717, 1.165) is 18.4 Å². The van der Waals surface area contributed by atoms with Crippen molar-refractivity contribution in [3.05, 3.63) is 35.7 Å². The lowest BCUT2D eigenvalue weighted by molar-refractivity contribution is 0.418. The first kappa shape index (κ1) is 11.3. The number of aromatic nitrogens is 2. The Kier molecular flexibility index (Phi) is 3.06. The minimum Gasteiger partial charge on any atom is -0.342 e. The number of rotatable bonds is 4. The third kappa shape index (κ3) is 1.90. The third-order valence-corrected chi connectivity index (χ3v) is 3.36. The maximum atomic E-state index is 12.2. The zero-order valence-electron chi connectivity index (χ0n) is 9.90. The molecule has 3 rings (SSSR count). The molecule has 1 atom stereocenters. The van der Waals surface area contributed by atoms with Gasteiger partial charge in [0.1, 0.15) is 6.67 Å². The normalized spacial score (nSPS) is 17.9. The van der Waals surface area contributed by atoms with Gasteiger partial charge in [-0.15, -0.1) is 0 Å². The summed E-state index contributed by atoms with van der Waals surface area (Å²) in [5, 5.41) is 7.11. The first-order valence-corrected chi connectivity index (χ1v) is 6.08. The van der Waals surface area contributed by atoms with Crippen LogP contribution in [0.5, 0.6) is 0 Å².